The SMILES string of the molecule is Cc1nn(Cc2ccc(F)cc2)c2sc(C(=O)OCC(=O)NC(C)(C)C)cc12. The van der Waals surface area contributed by atoms with Crippen molar-refractivity contribution in [2.45, 2.75) is 39.8 Å². The van der Waals surface area contributed by atoms with Crippen molar-refractivity contribution in [1.29, 1.82) is 0 Å². The summed E-state index contributed by atoms with van der Waals surface area (Å²) >= 11 is 1.26. The predicted molar refractivity (Wildman–Crippen MR) is 106 cm³/mol. The highest BCUT2D eigenvalue weighted by Crippen LogP contribution is 2.29. The number of amides is 1. The number of nitrogens with zero attached hydrogens (tertiary/aromatic N) is 2. The number of esters is 1. The van der Waals surface area contributed by atoms with Crippen LogP contribution in [0.5, 0.6) is 0 Å². The predicted octanol–water partition coefficient (Wildman–Crippen LogP) is 3.67. The van der Waals surface area contributed by atoms with Gasteiger partial charge in [-0.1, -0.05) is 12.1 Å². The zero-order valence-electron chi connectivity index (χ0n) is 16.2. The van der Waals surface area contributed by atoms with Gasteiger partial charge in [0.2, 0.25) is 0 Å². The molecule has 6 nitrogen and oxygen atoms in total. The van der Waals surface area contributed by atoms with Crippen molar-refractivity contribution in [2.24, 2.45) is 0 Å². The molecule has 148 valence electrons. The number of hydrogen-bond acceptors (Lipinski definition) is 5. The number of carbonyl (C=O) groups is 2. The quantitative estimate of drug-likeness (QED) is 0.660. The number of rotatable bonds is 5. The zero-order valence-corrected chi connectivity index (χ0v) is 17.0. The van der Waals surface area contributed by atoms with Crippen molar-refractivity contribution in [3.05, 3.63) is 52.3 Å². The van der Waals surface area contributed by atoms with Crippen molar-refractivity contribution in [2.75, 3.05) is 6.61 Å². The van der Waals surface area contributed by atoms with E-state index in [4.69, 9.17) is 4.74 Å². The van der Waals surface area contributed by atoms with Gasteiger partial charge in [-0.15, -0.1) is 11.3 Å². The van der Waals surface area contributed by atoms with Crippen LogP contribution in [0.4, 0.5) is 4.39 Å². The molecular weight excluding hydrogens is 381 g/mol. The molecule has 1 N–H and O–H groups in total. The van der Waals surface area contributed by atoms with Crippen LogP contribution in [0.3, 0.4) is 0 Å². The lowest BCUT2D eigenvalue weighted by molar-refractivity contribution is -0.125. The number of aryl methyl sites for hydroxylation is 1. The van der Waals surface area contributed by atoms with Crippen molar-refractivity contribution in [1.82, 2.24) is 15.1 Å². The summed E-state index contributed by atoms with van der Waals surface area (Å²) in [5, 5.41) is 8.10. The lowest BCUT2D eigenvalue weighted by Gasteiger charge is -2.20. The largest absolute Gasteiger partial charge is 0.451 e. The van der Waals surface area contributed by atoms with E-state index in [1.54, 1.807) is 22.9 Å². The Labute approximate surface area is 166 Å². The molecule has 0 fully saturated rings. The minimum absolute atomic E-state index is 0.290. The Bertz CT molecular complexity index is 1020. The van der Waals surface area contributed by atoms with E-state index in [1.807, 2.05) is 27.7 Å². The number of benzene rings is 1. The second kappa shape index (κ2) is 7.71. The van der Waals surface area contributed by atoms with Crippen LogP contribution < -0.4 is 5.32 Å². The summed E-state index contributed by atoms with van der Waals surface area (Å²) in [6.07, 6.45) is 0. The molecule has 0 atom stereocenters. The van der Waals surface area contributed by atoms with E-state index in [-0.39, 0.29) is 23.9 Å². The van der Waals surface area contributed by atoms with E-state index in [1.165, 1.54) is 23.5 Å². The molecule has 0 aliphatic rings. The van der Waals surface area contributed by atoms with Crippen LogP contribution in [0.1, 0.15) is 41.7 Å². The smallest absolute Gasteiger partial charge is 0.348 e. The first-order valence-electron chi connectivity index (χ1n) is 8.82. The molecule has 8 heteroatoms. The fourth-order valence-corrected chi connectivity index (χ4v) is 3.79. The Hall–Kier alpha value is -2.74. The highest BCUT2D eigenvalue weighted by molar-refractivity contribution is 7.20. The average molecular weight is 403 g/mol. The number of hydrogen-bond donors (Lipinski definition) is 1. The lowest BCUT2D eigenvalue weighted by Crippen LogP contribution is -2.42. The molecule has 2 heterocycles. The van der Waals surface area contributed by atoms with Crippen LogP contribution >= 0.6 is 11.3 Å². The molecule has 28 heavy (non-hydrogen) atoms. The van der Waals surface area contributed by atoms with Crippen LogP contribution in [0, 0.1) is 12.7 Å². The molecule has 2 aromatic heterocycles. The van der Waals surface area contributed by atoms with Crippen LogP contribution in [0.25, 0.3) is 10.2 Å². The van der Waals surface area contributed by atoms with Crippen molar-refractivity contribution < 1.29 is 18.7 Å². The number of thiophene rings is 1. The Morgan fingerprint density at radius 2 is 1.93 bits per heavy atom. The third-order valence-corrected chi connectivity index (χ3v) is 5.03. The first-order chi connectivity index (χ1) is 13.1. The summed E-state index contributed by atoms with van der Waals surface area (Å²) in [6.45, 7) is 7.57. The summed E-state index contributed by atoms with van der Waals surface area (Å²) in [7, 11) is 0. The van der Waals surface area contributed by atoms with E-state index < -0.39 is 5.97 Å². The van der Waals surface area contributed by atoms with E-state index in [0.29, 0.717) is 11.4 Å². The number of halogens is 1. The minimum Gasteiger partial charge on any atom is -0.451 e. The summed E-state index contributed by atoms with van der Waals surface area (Å²) < 4.78 is 20.0. The second-order valence-corrected chi connectivity index (χ2v) is 8.60. The maximum Gasteiger partial charge on any atom is 0.348 e. The minimum atomic E-state index is -0.544. The summed E-state index contributed by atoms with van der Waals surface area (Å²) in [5.74, 6) is -1.18. The van der Waals surface area contributed by atoms with Crippen LogP contribution in [-0.2, 0) is 16.1 Å². The van der Waals surface area contributed by atoms with Crippen LogP contribution in [0.2, 0.25) is 0 Å². The van der Waals surface area contributed by atoms with Gasteiger partial charge in [-0.3, -0.25) is 9.48 Å². The van der Waals surface area contributed by atoms with E-state index in [2.05, 4.69) is 10.4 Å². The molecule has 3 rings (SSSR count). The van der Waals surface area contributed by atoms with Gasteiger partial charge in [0.15, 0.2) is 6.61 Å². The maximum atomic E-state index is 13.1. The summed E-state index contributed by atoms with van der Waals surface area (Å²) in [4.78, 5) is 25.4. The summed E-state index contributed by atoms with van der Waals surface area (Å²) in [5.41, 5.74) is 1.31. The van der Waals surface area contributed by atoms with Crippen LogP contribution in [-0.4, -0.2) is 33.8 Å². The lowest BCUT2D eigenvalue weighted by atomic mass is 10.1. The van der Waals surface area contributed by atoms with Crippen molar-refractivity contribution in [3.8, 4) is 0 Å². The number of nitrogens with one attached hydrogen (secondary N) is 1. The normalized spacial score (nSPS) is 11.6. The molecule has 0 aliphatic heterocycles. The zero-order chi connectivity index (χ0) is 20.5. The fourth-order valence-electron chi connectivity index (χ4n) is 2.74. The first kappa shape index (κ1) is 20.0. The van der Waals surface area contributed by atoms with Gasteiger partial charge in [0.25, 0.3) is 5.91 Å². The molecule has 0 bridgehead atoms. The van der Waals surface area contributed by atoms with Crippen molar-refractivity contribution >= 4 is 33.4 Å². The van der Waals surface area contributed by atoms with Gasteiger partial charge < -0.3 is 10.1 Å². The molecule has 0 spiro atoms. The molecule has 0 unspecified atom stereocenters. The molecule has 0 saturated heterocycles. The Morgan fingerprint density at radius 1 is 1.25 bits per heavy atom. The highest BCUT2D eigenvalue weighted by atomic mass is 32.1. The number of carbonyl (C=O) groups excluding carboxylic acids is 2. The van der Waals surface area contributed by atoms with Gasteiger partial charge in [-0.25, -0.2) is 9.18 Å². The standard InChI is InChI=1S/C20H22FN3O3S/c1-12-15-9-16(19(26)27-11-17(25)22-20(2,3)4)28-18(15)24(23-12)10-13-5-7-14(21)8-6-13/h5-9H,10-11H2,1-4H3,(H,22,25). The Kier molecular flexibility index (Phi) is 5.51. The summed E-state index contributed by atoms with van der Waals surface area (Å²) in [6, 6.07) is 7.95. The van der Waals surface area contributed by atoms with E-state index in [0.717, 1.165) is 21.5 Å². The fraction of sp³-hybridized carbons (Fsp3) is 0.350. The third kappa shape index (κ3) is 4.75. The molecular formula is C20H22FN3O3S. The van der Waals surface area contributed by atoms with Crippen molar-refractivity contribution in [3.63, 3.8) is 0 Å². The molecule has 0 saturated carbocycles. The van der Waals surface area contributed by atoms with E-state index in [9.17, 15) is 14.0 Å². The van der Waals surface area contributed by atoms with Gasteiger partial charge in [-0.2, -0.15) is 5.10 Å². The van der Waals surface area contributed by atoms with Gasteiger partial charge >= 0.3 is 5.97 Å². The molecule has 3 aromatic rings. The molecule has 1 aromatic carbocycles. The Morgan fingerprint density at radius 3 is 2.57 bits per heavy atom. The van der Waals surface area contributed by atoms with Gasteiger partial charge in [-0.05, 0) is 51.5 Å². The monoisotopic (exact) mass is 403 g/mol. The number of aromatic nitrogens is 2. The van der Waals surface area contributed by atoms with Gasteiger partial charge in [0.05, 0.1) is 12.2 Å². The van der Waals surface area contributed by atoms with Gasteiger partial charge in [0, 0.05) is 10.9 Å². The first-order valence-corrected chi connectivity index (χ1v) is 9.63. The van der Waals surface area contributed by atoms with Crippen LogP contribution in [0.15, 0.2) is 30.3 Å². The molecule has 1 amide bonds. The molecule has 0 aliphatic carbocycles. The topological polar surface area (TPSA) is 73.2 Å². The molecule has 0 radical (unpaired) electrons. The maximum absolute atomic E-state index is 13.1. The number of fused-ring (bicyclic) bond motifs is 1. The third-order valence-electron chi connectivity index (χ3n) is 3.90. The average Bonchev–Trinajstić information content (AvgIpc) is 3.15. The van der Waals surface area contributed by atoms with Gasteiger partial charge in [0.1, 0.15) is 15.5 Å². The highest BCUT2D eigenvalue weighted by Gasteiger charge is 2.20. The number of ether oxygens (including phenoxy) is 1. The Balaban J connectivity index is 1.74. The van der Waals surface area contributed by atoms with E-state index >= 15 is 0 Å². The second-order valence-electron chi connectivity index (χ2n) is 7.57.